The molecule has 0 aliphatic heterocycles. The minimum atomic E-state index is -9.73. The molecule has 0 spiro atoms. The Kier molecular flexibility index (Phi) is 5.41. The number of aryl methyl sites for hydroxylation is 2. The third-order valence-electron chi connectivity index (χ3n) is 3.62. The fourth-order valence-corrected chi connectivity index (χ4v) is 3.98. The van der Waals surface area contributed by atoms with Crippen molar-refractivity contribution in [2.75, 3.05) is 0 Å². The lowest BCUT2D eigenvalue weighted by Crippen LogP contribution is -2.13. The Morgan fingerprint density at radius 2 is 1.26 bits per heavy atom. The zero-order chi connectivity index (χ0) is 17.8. The van der Waals surface area contributed by atoms with Gasteiger partial charge in [-0.25, -0.2) is 0 Å². The highest BCUT2D eigenvalue weighted by atomic mass is 32.5. The van der Waals surface area contributed by atoms with E-state index < -0.39 is 15.1 Å². The van der Waals surface area contributed by atoms with Gasteiger partial charge in [0.15, 0.2) is 0 Å². The molecule has 1 aromatic rings. The fraction of sp³-hybridized carbons (Fsp3) is 0.412. The summed E-state index contributed by atoms with van der Waals surface area (Å²) >= 11 is 0. The lowest BCUT2D eigenvalue weighted by Gasteiger charge is -2.43. The standard InChI is InChI=1S/C17H23F5S/c1-4-6-8-10-15-12-13-16(11-9-7-5-2)17(14(15)3)23(18,19,20,21)22/h4-7,12-13H,8-11H2,1-3H3/b6-4+,7-5+. The lowest BCUT2D eigenvalue weighted by atomic mass is 9.98. The van der Waals surface area contributed by atoms with Gasteiger partial charge in [-0.2, -0.15) is 0 Å². The molecular weight excluding hydrogens is 331 g/mol. The van der Waals surface area contributed by atoms with Crippen molar-refractivity contribution in [3.05, 3.63) is 53.1 Å². The van der Waals surface area contributed by atoms with Gasteiger partial charge in [-0.3, -0.25) is 0 Å². The van der Waals surface area contributed by atoms with Crippen molar-refractivity contribution in [2.45, 2.75) is 51.3 Å². The number of hydrogen-bond acceptors (Lipinski definition) is 0. The summed E-state index contributed by atoms with van der Waals surface area (Å²) in [6, 6.07) is 2.74. The smallest absolute Gasteiger partial charge is 0.0936 e. The Bertz CT molecular complexity index is 612. The molecule has 0 nitrogen and oxygen atoms in total. The van der Waals surface area contributed by atoms with E-state index in [1.807, 2.05) is 0 Å². The lowest BCUT2D eigenvalue weighted by molar-refractivity contribution is 0.361. The quantitative estimate of drug-likeness (QED) is 0.348. The number of halogens is 5. The third-order valence-corrected chi connectivity index (χ3v) is 4.96. The van der Waals surface area contributed by atoms with Crippen LogP contribution in [0.1, 0.15) is 43.4 Å². The first-order valence-corrected chi connectivity index (χ1v) is 9.43. The topological polar surface area (TPSA) is 0 Å². The van der Waals surface area contributed by atoms with Gasteiger partial charge in [0.1, 0.15) is 4.90 Å². The Hall–Kier alpha value is -1.30. The molecule has 0 N–H and O–H groups in total. The van der Waals surface area contributed by atoms with Gasteiger partial charge in [-0.1, -0.05) is 55.9 Å². The molecule has 0 fully saturated rings. The predicted molar refractivity (Wildman–Crippen MR) is 88.8 cm³/mol. The first-order chi connectivity index (χ1) is 10.4. The fourth-order valence-electron chi connectivity index (χ4n) is 2.60. The van der Waals surface area contributed by atoms with Gasteiger partial charge in [-0.05, 0) is 63.1 Å². The Morgan fingerprint density at radius 3 is 1.70 bits per heavy atom. The van der Waals surface area contributed by atoms with Crippen LogP contribution in [0.4, 0.5) is 19.4 Å². The second-order valence-electron chi connectivity index (χ2n) is 5.52. The van der Waals surface area contributed by atoms with E-state index in [-0.39, 0.29) is 17.5 Å². The molecule has 1 aromatic carbocycles. The maximum absolute atomic E-state index is 13.5. The maximum atomic E-state index is 13.5. The predicted octanol–water partition coefficient (Wildman–Crippen LogP) is 7.67. The largest absolute Gasteiger partial charge is 0.310 e. The minimum Gasteiger partial charge on any atom is -0.0936 e. The Labute approximate surface area is 134 Å². The first kappa shape index (κ1) is 19.7. The summed E-state index contributed by atoms with van der Waals surface area (Å²) in [5, 5.41) is 0. The molecule has 0 aliphatic rings. The summed E-state index contributed by atoms with van der Waals surface area (Å²) in [5.74, 6) is 0. The molecule has 0 amide bonds. The van der Waals surface area contributed by atoms with Crippen LogP contribution in [0.3, 0.4) is 0 Å². The molecule has 0 aliphatic carbocycles. The van der Waals surface area contributed by atoms with Crippen LogP contribution in [0.15, 0.2) is 41.3 Å². The van der Waals surface area contributed by atoms with Crippen LogP contribution in [0.25, 0.3) is 0 Å². The minimum absolute atomic E-state index is 0.0543. The van der Waals surface area contributed by atoms with Crippen molar-refractivity contribution < 1.29 is 19.4 Å². The van der Waals surface area contributed by atoms with Crippen LogP contribution in [-0.2, 0) is 12.8 Å². The average molecular weight is 354 g/mol. The van der Waals surface area contributed by atoms with Gasteiger partial charge < -0.3 is 0 Å². The highest BCUT2D eigenvalue weighted by Gasteiger charge is 2.67. The van der Waals surface area contributed by atoms with E-state index >= 15 is 0 Å². The monoisotopic (exact) mass is 354 g/mol. The number of hydrogen-bond donors (Lipinski definition) is 0. The number of benzene rings is 1. The molecule has 0 heterocycles. The van der Waals surface area contributed by atoms with E-state index in [9.17, 15) is 19.4 Å². The van der Waals surface area contributed by atoms with E-state index in [1.165, 1.54) is 12.1 Å². The van der Waals surface area contributed by atoms with E-state index in [0.717, 1.165) is 6.92 Å². The van der Waals surface area contributed by atoms with E-state index in [2.05, 4.69) is 0 Å². The molecule has 0 saturated carbocycles. The molecule has 23 heavy (non-hydrogen) atoms. The summed E-state index contributed by atoms with van der Waals surface area (Å²) in [6.07, 6.45) is 8.03. The summed E-state index contributed by atoms with van der Waals surface area (Å²) in [4.78, 5) is -1.69. The zero-order valence-corrected chi connectivity index (χ0v) is 14.4. The van der Waals surface area contributed by atoms with Gasteiger partial charge in [0.05, 0.1) is 0 Å². The van der Waals surface area contributed by atoms with Crippen LogP contribution in [0.2, 0.25) is 0 Å². The van der Waals surface area contributed by atoms with Crippen molar-refractivity contribution in [1.82, 2.24) is 0 Å². The van der Waals surface area contributed by atoms with Gasteiger partial charge in [0.2, 0.25) is 0 Å². The molecule has 132 valence electrons. The van der Waals surface area contributed by atoms with E-state index in [4.69, 9.17) is 0 Å². The van der Waals surface area contributed by atoms with Gasteiger partial charge in [0, 0.05) is 0 Å². The van der Waals surface area contributed by atoms with Crippen molar-refractivity contribution >= 4 is 10.2 Å². The normalized spacial score (nSPS) is 16.0. The van der Waals surface area contributed by atoms with Gasteiger partial charge >= 0.3 is 10.2 Å². The third kappa shape index (κ3) is 5.68. The second-order valence-corrected chi connectivity index (χ2v) is 7.87. The Morgan fingerprint density at radius 1 is 0.826 bits per heavy atom. The average Bonchev–Trinajstić information content (AvgIpc) is 2.38. The summed E-state index contributed by atoms with van der Waals surface area (Å²) < 4.78 is 67.6. The van der Waals surface area contributed by atoms with E-state index in [0.29, 0.717) is 24.8 Å². The maximum Gasteiger partial charge on any atom is 0.310 e. The highest BCUT2D eigenvalue weighted by molar-refractivity contribution is 8.45. The van der Waals surface area contributed by atoms with Crippen molar-refractivity contribution in [2.24, 2.45) is 0 Å². The molecule has 0 unspecified atom stereocenters. The van der Waals surface area contributed by atoms with Crippen molar-refractivity contribution in [3.8, 4) is 0 Å². The highest BCUT2D eigenvalue weighted by Crippen LogP contribution is 3.02. The second kappa shape index (κ2) is 6.30. The van der Waals surface area contributed by atoms with Crippen LogP contribution < -0.4 is 0 Å². The van der Waals surface area contributed by atoms with Crippen LogP contribution in [0, 0.1) is 6.92 Å². The zero-order valence-electron chi connectivity index (χ0n) is 13.6. The molecule has 0 bridgehead atoms. The Balaban J connectivity index is 3.42. The van der Waals surface area contributed by atoms with Crippen LogP contribution in [0.5, 0.6) is 0 Å². The van der Waals surface area contributed by atoms with E-state index in [1.54, 1.807) is 38.2 Å². The molecule has 0 radical (unpaired) electrons. The summed E-state index contributed by atoms with van der Waals surface area (Å²) in [5.41, 5.74) is -0.345. The molecule has 0 atom stereocenters. The number of rotatable bonds is 7. The molecule has 1 rings (SSSR count). The SMILES string of the molecule is C/C=C/CCc1ccc(CC/C=C/C)c(S(F)(F)(F)(F)F)c1C. The molecule has 0 aromatic heterocycles. The van der Waals surface area contributed by atoms with Crippen molar-refractivity contribution in [1.29, 1.82) is 0 Å². The molecular formula is C17H23F5S. The van der Waals surface area contributed by atoms with Gasteiger partial charge in [0.25, 0.3) is 0 Å². The summed E-state index contributed by atoms with van der Waals surface area (Å²) in [7, 11) is -9.73. The summed E-state index contributed by atoms with van der Waals surface area (Å²) in [6.45, 7) is 4.69. The van der Waals surface area contributed by atoms with Crippen LogP contribution in [-0.4, -0.2) is 0 Å². The molecule has 6 heteroatoms. The van der Waals surface area contributed by atoms with Gasteiger partial charge in [-0.15, -0.1) is 0 Å². The van der Waals surface area contributed by atoms with Crippen LogP contribution >= 0.6 is 10.2 Å². The molecule has 0 saturated heterocycles. The number of allylic oxidation sites excluding steroid dienone is 4. The van der Waals surface area contributed by atoms with Crippen molar-refractivity contribution in [3.63, 3.8) is 0 Å². The first-order valence-electron chi connectivity index (χ1n) is 7.48.